The third-order valence-electron chi connectivity index (χ3n) is 3.03. The van der Waals surface area contributed by atoms with Gasteiger partial charge in [0.25, 0.3) is 0 Å². The smallest absolute Gasteiger partial charge is 0.356 e. The van der Waals surface area contributed by atoms with E-state index in [1.165, 1.54) is 16.9 Å². The van der Waals surface area contributed by atoms with Gasteiger partial charge in [-0.3, -0.25) is 14.2 Å². The molecule has 2 N–H and O–H groups in total. The first kappa shape index (κ1) is 14.8. The summed E-state index contributed by atoms with van der Waals surface area (Å²) in [6.45, 7) is 2.92. The Hall–Kier alpha value is -2.64. The maximum atomic E-state index is 11.9. The molecule has 8 nitrogen and oxygen atoms in total. The molecule has 0 radical (unpaired) electrons. The number of nitrogens with one attached hydrogen (secondary N) is 1. The molecule has 1 atom stereocenters. The van der Waals surface area contributed by atoms with E-state index in [2.05, 4.69) is 15.5 Å². The topological polar surface area (TPSA) is 102 Å². The van der Waals surface area contributed by atoms with Crippen molar-refractivity contribution in [3.05, 3.63) is 36.4 Å². The summed E-state index contributed by atoms with van der Waals surface area (Å²) in [7, 11) is 0. The van der Waals surface area contributed by atoms with Gasteiger partial charge in [-0.15, -0.1) is 0 Å². The zero-order valence-corrected chi connectivity index (χ0v) is 11.6. The van der Waals surface area contributed by atoms with Crippen molar-refractivity contribution < 1.29 is 14.7 Å². The number of carbonyl (C=O) groups excluding carboxylic acids is 1. The molecule has 0 spiro atoms. The number of aromatic carboxylic acids is 1. The fraction of sp³-hybridized carbons (Fsp3) is 0.385. The summed E-state index contributed by atoms with van der Waals surface area (Å²) < 4.78 is 3.13. The van der Waals surface area contributed by atoms with Crippen LogP contribution >= 0.6 is 0 Å². The summed E-state index contributed by atoms with van der Waals surface area (Å²) in [6, 6.07) is 2.66. The average molecular weight is 291 g/mol. The zero-order valence-electron chi connectivity index (χ0n) is 11.6. The van der Waals surface area contributed by atoms with Gasteiger partial charge in [0, 0.05) is 31.7 Å². The maximum Gasteiger partial charge on any atom is 0.356 e. The van der Waals surface area contributed by atoms with E-state index in [0.717, 1.165) is 13.0 Å². The normalized spacial score (nSPS) is 12.0. The first-order valence-corrected chi connectivity index (χ1v) is 6.61. The van der Waals surface area contributed by atoms with E-state index in [-0.39, 0.29) is 11.6 Å². The lowest BCUT2D eigenvalue weighted by Gasteiger charge is -2.12. The third-order valence-corrected chi connectivity index (χ3v) is 3.03. The van der Waals surface area contributed by atoms with Gasteiger partial charge in [0.2, 0.25) is 5.91 Å². The molecule has 0 fully saturated rings. The molecule has 2 heterocycles. The van der Waals surface area contributed by atoms with E-state index in [4.69, 9.17) is 5.11 Å². The predicted octanol–water partition coefficient (Wildman–Crippen LogP) is 0.545. The number of hydrogen-bond donors (Lipinski definition) is 2. The Bertz CT molecular complexity index is 605. The molecule has 0 aliphatic rings. The minimum Gasteiger partial charge on any atom is -0.476 e. The number of rotatable bonds is 7. The molecule has 1 amide bonds. The van der Waals surface area contributed by atoms with Crippen molar-refractivity contribution in [1.29, 1.82) is 0 Å². The molecule has 2 aromatic heterocycles. The summed E-state index contributed by atoms with van der Waals surface area (Å²) in [5.74, 6) is -1.31. The van der Waals surface area contributed by atoms with Crippen molar-refractivity contribution in [2.24, 2.45) is 0 Å². The third kappa shape index (κ3) is 3.91. The molecule has 8 heteroatoms. The van der Waals surface area contributed by atoms with Crippen molar-refractivity contribution in [1.82, 2.24) is 24.9 Å². The Kier molecular flexibility index (Phi) is 4.70. The summed E-state index contributed by atoms with van der Waals surface area (Å²) >= 11 is 0. The fourth-order valence-corrected chi connectivity index (χ4v) is 1.82. The number of carboxylic acids is 1. The van der Waals surface area contributed by atoms with Gasteiger partial charge in [-0.1, -0.05) is 0 Å². The van der Waals surface area contributed by atoms with Gasteiger partial charge in [-0.2, -0.15) is 10.2 Å². The molecule has 2 rings (SSSR count). The lowest BCUT2D eigenvalue weighted by atomic mass is 10.3. The Morgan fingerprint density at radius 3 is 2.86 bits per heavy atom. The SMILES string of the molecule is CC(C(=O)NCCCn1cccn1)n1ccc(C(=O)O)n1. The standard InChI is InChI=1S/C13H17N5O3/c1-10(18-9-4-11(16-18)13(20)21)12(19)14-5-2-7-17-8-3-6-15-17/h3-4,6,8-10H,2,5,7H2,1H3,(H,14,19)(H,20,21). The first-order valence-electron chi connectivity index (χ1n) is 6.61. The second-order valence-corrected chi connectivity index (χ2v) is 4.58. The van der Waals surface area contributed by atoms with Gasteiger partial charge in [0.05, 0.1) is 0 Å². The van der Waals surface area contributed by atoms with Crippen LogP contribution in [0.4, 0.5) is 0 Å². The summed E-state index contributed by atoms with van der Waals surface area (Å²) in [4.78, 5) is 22.7. The van der Waals surface area contributed by atoms with Gasteiger partial charge in [0.1, 0.15) is 6.04 Å². The van der Waals surface area contributed by atoms with E-state index in [1.807, 2.05) is 12.3 Å². The van der Waals surface area contributed by atoms with Gasteiger partial charge in [-0.25, -0.2) is 4.79 Å². The minimum atomic E-state index is -1.11. The number of aryl methyl sites for hydroxylation is 1. The van der Waals surface area contributed by atoms with Crippen LogP contribution in [0.25, 0.3) is 0 Å². The maximum absolute atomic E-state index is 11.9. The van der Waals surface area contributed by atoms with E-state index < -0.39 is 12.0 Å². The number of aromatic nitrogens is 4. The molecule has 0 saturated heterocycles. The average Bonchev–Trinajstić information content (AvgIpc) is 3.13. The molecule has 0 saturated carbocycles. The lowest BCUT2D eigenvalue weighted by molar-refractivity contribution is -0.124. The van der Waals surface area contributed by atoms with Crippen molar-refractivity contribution in [3.8, 4) is 0 Å². The molecule has 112 valence electrons. The van der Waals surface area contributed by atoms with Gasteiger partial charge >= 0.3 is 5.97 Å². The van der Waals surface area contributed by atoms with Gasteiger partial charge < -0.3 is 10.4 Å². The Labute approximate surface area is 121 Å². The van der Waals surface area contributed by atoms with E-state index in [9.17, 15) is 9.59 Å². The number of amides is 1. The van der Waals surface area contributed by atoms with E-state index in [0.29, 0.717) is 6.54 Å². The second kappa shape index (κ2) is 6.69. The predicted molar refractivity (Wildman–Crippen MR) is 73.8 cm³/mol. The highest BCUT2D eigenvalue weighted by molar-refractivity contribution is 5.85. The van der Waals surface area contributed by atoms with Crippen LogP contribution in [0, 0.1) is 0 Å². The Balaban J connectivity index is 1.77. The van der Waals surface area contributed by atoms with Crippen LogP contribution in [-0.4, -0.2) is 43.1 Å². The minimum absolute atomic E-state index is 0.0756. The lowest BCUT2D eigenvalue weighted by Crippen LogP contribution is -2.32. The largest absolute Gasteiger partial charge is 0.476 e. The highest BCUT2D eigenvalue weighted by Gasteiger charge is 2.17. The van der Waals surface area contributed by atoms with Crippen LogP contribution in [0.5, 0.6) is 0 Å². The van der Waals surface area contributed by atoms with Crippen LogP contribution in [-0.2, 0) is 11.3 Å². The number of carboxylic acid groups (broad SMARTS) is 1. The summed E-state index contributed by atoms with van der Waals surface area (Å²) in [6.07, 6.45) is 5.82. The van der Waals surface area contributed by atoms with Crippen LogP contribution in [0.15, 0.2) is 30.7 Å². The summed E-state index contributed by atoms with van der Waals surface area (Å²) in [5.41, 5.74) is -0.0756. The van der Waals surface area contributed by atoms with Crippen molar-refractivity contribution in [2.75, 3.05) is 6.54 Å². The summed E-state index contributed by atoms with van der Waals surface area (Å²) in [5, 5.41) is 19.5. The van der Waals surface area contributed by atoms with E-state index in [1.54, 1.807) is 17.8 Å². The molecule has 2 aromatic rings. The molecule has 0 aromatic carbocycles. The zero-order chi connectivity index (χ0) is 15.2. The molecule has 0 bridgehead atoms. The van der Waals surface area contributed by atoms with Crippen LogP contribution in [0.3, 0.4) is 0 Å². The molecule has 0 aliphatic carbocycles. The van der Waals surface area contributed by atoms with Gasteiger partial charge in [0.15, 0.2) is 5.69 Å². The van der Waals surface area contributed by atoms with Crippen LogP contribution in [0.2, 0.25) is 0 Å². The first-order chi connectivity index (χ1) is 10.1. The number of carbonyl (C=O) groups is 2. The highest BCUT2D eigenvalue weighted by atomic mass is 16.4. The Morgan fingerprint density at radius 1 is 1.43 bits per heavy atom. The molecule has 1 unspecified atom stereocenters. The Morgan fingerprint density at radius 2 is 2.24 bits per heavy atom. The van der Waals surface area contributed by atoms with Crippen molar-refractivity contribution in [3.63, 3.8) is 0 Å². The monoisotopic (exact) mass is 291 g/mol. The van der Waals surface area contributed by atoms with Crippen molar-refractivity contribution in [2.45, 2.75) is 25.9 Å². The fourth-order valence-electron chi connectivity index (χ4n) is 1.82. The van der Waals surface area contributed by atoms with Crippen LogP contribution < -0.4 is 5.32 Å². The number of hydrogen-bond acceptors (Lipinski definition) is 4. The molecular formula is C13H17N5O3. The van der Waals surface area contributed by atoms with Gasteiger partial charge in [-0.05, 0) is 25.5 Å². The van der Waals surface area contributed by atoms with Crippen LogP contribution in [0.1, 0.15) is 29.9 Å². The quantitative estimate of drug-likeness (QED) is 0.725. The second-order valence-electron chi connectivity index (χ2n) is 4.58. The molecule has 0 aliphatic heterocycles. The van der Waals surface area contributed by atoms with Crippen molar-refractivity contribution >= 4 is 11.9 Å². The number of nitrogens with zero attached hydrogens (tertiary/aromatic N) is 4. The molecule has 21 heavy (non-hydrogen) atoms. The highest BCUT2D eigenvalue weighted by Crippen LogP contribution is 2.06. The van der Waals surface area contributed by atoms with E-state index >= 15 is 0 Å². The molecular weight excluding hydrogens is 274 g/mol.